The lowest BCUT2D eigenvalue weighted by Gasteiger charge is -2.09. The van der Waals surface area contributed by atoms with Crippen molar-refractivity contribution in [2.75, 3.05) is 7.11 Å². The first-order chi connectivity index (χ1) is 13.1. The second-order valence-corrected chi connectivity index (χ2v) is 6.62. The lowest BCUT2D eigenvalue weighted by molar-refractivity contribution is -0.141. The van der Waals surface area contributed by atoms with Gasteiger partial charge in [0.1, 0.15) is 12.1 Å². The van der Waals surface area contributed by atoms with E-state index in [2.05, 4.69) is 9.84 Å². The number of methoxy groups -OCH3 is 1. The molecule has 0 aliphatic rings. The number of hydrogen-bond donors (Lipinski definition) is 0. The number of para-hydroxylation sites is 1. The van der Waals surface area contributed by atoms with Crippen LogP contribution in [0.1, 0.15) is 5.56 Å². The SMILES string of the molecule is COC(=O)Cn1ncc2c3ccccc3n(Cc3cccc(Cl)c3)c2c1=O. The maximum absolute atomic E-state index is 13.1. The summed E-state index contributed by atoms with van der Waals surface area (Å²) in [7, 11) is 1.28. The minimum Gasteiger partial charge on any atom is -0.468 e. The van der Waals surface area contributed by atoms with E-state index in [9.17, 15) is 9.59 Å². The van der Waals surface area contributed by atoms with Crippen LogP contribution >= 0.6 is 11.6 Å². The third-order valence-corrected chi connectivity index (χ3v) is 4.74. The van der Waals surface area contributed by atoms with Crippen LogP contribution in [-0.2, 0) is 22.6 Å². The van der Waals surface area contributed by atoms with Gasteiger partial charge in [0.15, 0.2) is 0 Å². The van der Waals surface area contributed by atoms with Crippen molar-refractivity contribution in [2.24, 2.45) is 0 Å². The Morgan fingerprint density at radius 1 is 1.15 bits per heavy atom. The van der Waals surface area contributed by atoms with Crippen LogP contribution in [0.3, 0.4) is 0 Å². The summed E-state index contributed by atoms with van der Waals surface area (Å²) < 4.78 is 7.72. The third-order valence-electron chi connectivity index (χ3n) is 4.51. The number of hydrogen-bond acceptors (Lipinski definition) is 4. The predicted molar refractivity (Wildman–Crippen MR) is 104 cm³/mol. The molecule has 0 fully saturated rings. The highest BCUT2D eigenvalue weighted by molar-refractivity contribution is 6.30. The monoisotopic (exact) mass is 381 g/mol. The van der Waals surface area contributed by atoms with E-state index in [0.717, 1.165) is 26.5 Å². The molecule has 0 spiro atoms. The zero-order valence-corrected chi connectivity index (χ0v) is 15.3. The number of esters is 1. The van der Waals surface area contributed by atoms with Gasteiger partial charge < -0.3 is 9.30 Å². The summed E-state index contributed by atoms with van der Waals surface area (Å²) in [5.41, 5.74) is 2.05. The Morgan fingerprint density at radius 2 is 1.96 bits per heavy atom. The van der Waals surface area contributed by atoms with E-state index in [1.165, 1.54) is 7.11 Å². The van der Waals surface area contributed by atoms with Crippen molar-refractivity contribution in [1.29, 1.82) is 0 Å². The van der Waals surface area contributed by atoms with E-state index in [4.69, 9.17) is 11.6 Å². The van der Waals surface area contributed by atoms with Gasteiger partial charge in [-0.25, -0.2) is 4.68 Å². The van der Waals surface area contributed by atoms with Gasteiger partial charge in [0.05, 0.1) is 13.3 Å². The number of ether oxygens (including phenoxy) is 1. The number of carbonyl (C=O) groups is 1. The summed E-state index contributed by atoms with van der Waals surface area (Å²) in [5.74, 6) is -0.526. The van der Waals surface area contributed by atoms with E-state index >= 15 is 0 Å². The molecule has 0 radical (unpaired) electrons. The van der Waals surface area contributed by atoms with Gasteiger partial charge in [-0.1, -0.05) is 41.9 Å². The van der Waals surface area contributed by atoms with Crippen molar-refractivity contribution in [3.63, 3.8) is 0 Å². The van der Waals surface area contributed by atoms with Crippen molar-refractivity contribution >= 4 is 39.4 Å². The molecule has 7 heteroatoms. The molecule has 0 atom stereocenters. The average molecular weight is 382 g/mol. The molecular formula is C20H16ClN3O3. The molecule has 0 N–H and O–H groups in total. The summed E-state index contributed by atoms with van der Waals surface area (Å²) in [6, 6.07) is 15.3. The first-order valence-electron chi connectivity index (χ1n) is 8.37. The first-order valence-corrected chi connectivity index (χ1v) is 8.74. The Labute approximate surface area is 159 Å². The fourth-order valence-corrected chi connectivity index (χ4v) is 3.49. The van der Waals surface area contributed by atoms with E-state index < -0.39 is 5.97 Å². The fraction of sp³-hybridized carbons (Fsp3) is 0.150. The van der Waals surface area contributed by atoms with Crippen molar-refractivity contribution in [3.05, 3.63) is 75.7 Å². The van der Waals surface area contributed by atoms with Gasteiger partial charge in [-0.15, -0.1) is 0 Å². The minimum absolute atomic E-state index is 0.232. The molecule has 4 rings (SSSR count). The van der Waals surface area contributed by atoms with E-state index in [-0.39, 0.29) is 12.1 Å². The van der Waals surface area contributed by atoms with Gasteiger partial charge in [-0.3, -0.25) is 9.59 Å². The highest BCUT2D eigenvalue weighted by Gasteiger charge is 2.17. The summed E-state index contributed by atoms with van der Waals surface area (Å²) in [5, 5.41) is 6.47. The zero-order valence-electron chi connectivity index (χ0n) is 14.6. The van der Waals surface area contributed by atoms with Crippen LogP contribution in [0.25, 0.3) is 21.8 Å². The van der Waals surface area contributed by atoms with Crippen molar-refractivity contribution < 1.29 is 9.53 Å². The van der Waals surface area contributed by atoms with Crippen LogP contribution in [0.4, 0.5) is 0 Å². The smallest absolute Gasteiger partial charge is 0.327 e. The molecule has 27 heavy (non-hydrogen) atoms. The zero-order chi connectivity index (χ0) is 19.0. The molecule has 0 unspecified atom stereocenters. The normalized spacial score (nSPS) is 11.2. The molecule has 0 aliphatic carbocycles. The number of rotatable bonds is 4. The molecule has 0 saturated carbocycles. The molecule has 2 aromatic carbocycles. The Morgan fingerprint density at radius 3 is 2.74 bits per heavy atom. The number of halogens is 1. The Kier molecular flexibility index (Phi) is 4.41. The standard InChI is InChI=1S/C20H16ClN3O3/c1-27-18(25)12-24-20(26)19-16(10-22-24)15-7-2-3-8-17(15)23(19)11-13-5-4-6-14(21)9-13/h2-10H,11-12H2,1H3. The molecule has 2 aromatic heterocycles. The Balaban J connectivity index is 1.97. The molecule has 0 aliphatic heterocycles. The molecule has 2 heterocycles. The fourth-order valence-electron chi connectivity index (χ4n) is 3.28. The Bertz CT molecular complexity index is 1230. The summed E-state index contributed by atoms with van der Waals surface area (Å²) in [4.78, 5) is 24.7. The second-order valence-electron chi connectivity index (χ2n) is 6.18. The predicted octanol–water partition coefficient (Wildman–Crippen LogP) is 3.23. The summed E-state index contributed by atoms with van der Waals surface area (Å²) >= 11 is 6.11. The number of carbonyl (C=O) groups excluding carboxylic acids is 1. The highest BCUT2D eigenvalue weighted by Crippen LogP contribution is 2.27. The van der Waals surface area contributed by atoms with Gasteiger partial charge in [0.2, 0.25) is 0 Å². The van der Waals surface area contributed by atoms with Crippen molar-refractivity contribution in [1.82, 2.24) is 14.3 Å². The van der Waals surface area contributed by atoms with Crippen LogP contribution in [0.15, 0.2) is 59.5 Å². The maximum Gasteiger partial charge on any atom is 0.327 e. The van der Waals surface area contributed by atoms with Crippen LogP contribution in [0, 0.1) is 0 Å². The minimum atomic E-state index is -0.526. The van der Waals surface area contributed by atoms with Gasteiger partial charge in [-0.05, 0) is 23.8 Å². The van der Waals surface area contributed by atoms with Crippen LogP contribution in [0.5, 0.6) is 0 Å². The topological polar surface area (TPSA) is 66.1 Å². The summed E-state index contributed by atoms with van der Waals surface area (Å²) in [6.45, 7) is 0.242. The number of benzene rings is 2. The van der Waals surface area contributed by atoms with Gasteiger partial charge in [0.25, 0.3) is 5.56 Å². The van der Waals surface area contributed by atoms with Crippen LogP contribution in [0.2, 0.25) is 5.02 Å². The quantitative estimate of drug-likeness (QED) is 0.509. The highest BCUT2D eigenvalue weighted by atomic mass is 35.5. The van der Waals surface area contributed by atoms with Crippen molar-refractivity contribution in [3.8, 4) is 0 Å². The average Bonchev–Trinajstić information content (AvgIpc) is 2.98. The van der Waals surface area contributed by atoms with E-state index in [1.54, 1.807) is 6.20 Å². The molecular weight excluding hydrogens is 366 g/mol. The molecule has 136 valence electrons. The first kappa shape index (κ1) is 17.3. The van der Waals surface area contributed by atoms with Gasteiger partial charge >= 0.3 is 5.97 Å². The second kappa shape index (κ2) is 6.89. The molecule has 4 aromatic rings. The van der Waals surface area contributed by atoms with E-state index in [1.807, 2.05) is 53.1 Å². The van der Waals surface area contributed by atoms with Crippen LogP contribution < -0.4 is 5.56 Å². The Hall–Kier alpha value is -3.12. The van der Waals surface area contributed by atoms with Gasteiger partial charge in [0, 0.05) is 27.9 Å². The largest absolute Gasteiger partial charge is 0.468 e. The number of nitrogens with zero attached hydrogens (tertiary/aromatic N) is 3. The summed E-state index contributed by atoms with van der Waals surface area (Å²) in [6.07, 6.45) is 1.62. The molecule has 0 bridgehead atoms. The molecule has 0 amide bonds. The molecule has 0 saturated heterocycles. The lowest BCUT2D eigenvalue weighted by Crippen LogP contribution is -2.28. The van der Waals surface area contributed by atoms with Crippen molar-refractivity contribution in [2.45, 2.75) is 13.1 Å². The van der Waals surface area contributed by atoms with E-state index in [0.29, 0.717) is 17.1 Å². The molecule has 6 nitrogen and oxygen atoms in total. The third kappa shape index (κ3) is 3.08. The van der Waals surface area contributed by atoms with Crippen LogP contribution in [-0.4, -0.2) is 27.4 Å². The number of aromatic nitrogens is 3. The number of fused-ring (bicyclic) bond motifs is 3. The van der Waals surface area contributed by atoms with Gasteiger partial charge in [-0.2, -0.15) is 5.10 Å². The lowest BCUT2D eigenvalue weighted by atomic mass is 10.2. The maximum atomic E-state index is 13.1.